The molecule has 0 unspecified atom stereocenters. The fraction of sp³-hybridized carbons (Fsp3) is 0.150. The Bertz CT molecular complexity index is 956. The highest BCUT2D eigenvalue weighted by atomic mass is 32.2. The largest absolute Gasteiger partial charge is 0.331 e. The van der Waals surface area contributed by atoms with Gasteiger partial charge >= 0.3 is 0 Å². The Labute approximate surface area is 167 Å². The van der Waals surface area contributed by atoms with Crippen molar-refractivity contribution in [2.45, 2.75) is 18.2 Å². The van der Waals surface area contributed by atoms with Crippen LogP contribution in [0.4, 0.5) is 5.69 Å². The Morgan fingerprint density at radius 3 is 2.74 bits per heavy atom. The quantitative estimate of drug-likeness (QED) is 0.345. The number of carbonyl (C=O) groups excluding carboxylic acids is 1. The Kier molecular flexibility index (Phi) is 6.62. The number of hydrogen-bond acceptors (Lipinski definition) is 4. The van der Waals surface area contributed by atoms with Gasteiger partial charge in [0.1, 0.15) is 0 Å². The molecule has 1 heterocycles. The molecule has 7 heteroatoms. The van der Waals surface area contributed by atoms with Crippen LogP contribution in [-0.4, -0.2) is 21.8 Å². The van der Waals surface area contributed by atoms with Gasteiger partial charge in [0.25, 0.3) is 0 Å². The number of benzene rings is 2. The van der Waals surface area contributed by atoms with Crippen LogP contribution < -0.4 is 16.2 Å². The number of para-hydroxylation sites is 2. The average Bonchev–Trinajstić information content (AvgIpc) is 2.71. The number of hydrogen-bond donors (Lipinski definition) is 3. The van der Waals surface area contributed by atoms with E-state index >= 15 is 0 Å². The fourth-order valence-corrected chi connectivity index (χ4v) is 3.60. The topological polar surface area (TPSA) is 66.0 Å². The molecule has 0 aliphatic rings. The van der Waals surface area contributed by atoms with E-state index in [1.165, 1.54) is 11.8 Å². The minimum atomic E-state index is -0.166. The fourth-order valence-electron chi connectivity index (χ4n) is 2.60. The maximum atomic E-state index is 12.1. The van der Waals surface area contributed by atoms with Crippen molar-refractivity contribution in [1.29, 1.82) is 0 Å². The number of anilines is 1. The molecule has 3 aromatic rings. The van der Waals surface area contributed by atoms with Crippen LogP contribution in [0, 0.1) is 0 Å². The summed E-state index contributed by atoms with van der Waals surface area (Å²) in [4.78, 5) is 17.5. The first-order valence-electron chi connectivity index (χ1n) is 8.57. The van der Waals surface area contributed by atoms with Crippen molar-refractivity contribution in [2.75, 3.05) is 11.1 Å². The lowest BCUT2D eigenvalue weighted by Gasteiger charge is -2.14. The van der Waals surface area contributed by atoms with E-state index in [0.717, 1.165) is 33.5 Å². The predicted molar refractivity (Wildman–Crippen MR) is 116 cm³/mol. The Balaban J connectivity index is 1.50. The molecule has 5 nitrogen and oxygen atoms in total. The van der Waals surface area contributed by atoms with E-state index < -0.39 is 0 Å². The first-order chi connectivity index (χ1) is 13.2. The highest BCUT2D eigenvalue weighted by Gasteiger charge is 2.08. The molecule has 138 valence electrons. The number of amides is 1. The molecule has 0 bridgehead atoms. The zero-order valence-electron chi connectivity index (χ0n) is 14.9. The number of aromatic nitrogens is 1. The van der Waals surface area contributed by atoms with Crippen molar-refractivity contribution in [3.8, 4) is 0 Å². The van der Waals surface area contributed by atoms with Crippen LogP contribution in [0.2, 0.25) is 0 Å². The average molecular weight is 397 g/mol. The highest BCUT2D eigenvalue weighted by molar-refractivity contribution is 8.00. The van der Waals surface area contributed by atoms with Gasteiger partial charge in [-0.05, 0) is 42.4 Å². The molecule has 2 aromatic carbocycles. The number of thioether (sulfide) groups is 1. The van der Waals surface area contributed by atoms with E-state index in [1.54, 1.807) is 6.20 Å². The molecule has 0 radical (unpaired) electrons. The molecule has 27 heavy (non-hydrogen) atoms. The summed E-state index contributed by atoms with van der Waals surface area (Å²) in [6.07, 6.45) is 2.65. The summed E-state index contributed by atoms with van der Waals surface area (Å²) in [6, 6.07) is 17.8. The molecule has 0 aliphatic heterocycles. The van der Waals surface area contributed by atoms with E-state index in [1.807, 2.05) is 54.6 Å². The SMILES string of the molecule is CCc1ccccc1NC(=S)NNC(=O)CSc1cccc2cccnc12. The van der Waals surface area contributed by atoms with Crippen LogP contribution >= 0.6 is 24.0 Å². The molecule has 0 fully saturated rings. The summed E-state index contributed by atoms with van der Waals surface area (Å²) in [6.45, 7) is 2.08. The number of pyridine rings is 1. The molecule has 1 amide bonds. The van der Waals surface area contributed by atoms with Crippen LogP contribution in [0.3, 0.4) is 0 Å². The van der Waals surface area contributed by atoms with E-state index in [2.05, 4.69) is 28.1 Å². The number of nitrogens with one attached hydrogen (secondary N) is 3. The lowest BCUT2D eigenvalue weighted by Crippen LogP contribution is -2.44. The third-order valence-corrected chi connectivity index (χ3v) is 5.17. The summed E-state index contributed by atoms with van der Waals surface area (Å²) in [5, 5.41) is 4.51. The minimum absolute atomic E-state index is 0.166. The van der Waals surface area contributed by atoms with Crippen LogP contribution in [0.15, 0.2) is 65.7 Å². The molecular weight excluding hydrogens is 376 g/mol. The number of hydrazine groups is 1. The number of nitrogens with zero attached hydrogens (tertiary/aromatic N) is 1. The number of fused-ring (bicyclic) bond motifs is 1. The number of rotatable bonds is 5. The second kappa shape index (κ2) is 9.34. The van der Waals surface area contributed by atoms with E-state index in [-0.39, 0.29) is 11.7 Å². The molecular formula is C20H20N4OS2. The maximum absolute atomic E-state index is 12.1. The van der Waals surface area contributed by atoms with Crippen molar-refractivity contribution >= 4 is 51.6 Å². The van der Waals surface area contributed by atoms with Crippen LogP contribution in [0.25, 0.3) is 10.9 Å². The van der Waals surface area contributed by atoms with E-state index in [4.69, 9.17) is 12.2 Å². The molecule has 1 aromatic heterocycles. The molecule has 0 spiro atoms. The first kappa shape index (κ1) is 19.1. The first-order valence-corrected chi connectivity index (χ1v) is 9.97. The maximum Gasteiger partial charge on any atom is 0.248 e. The van der Waals surface area contributed by atoms with Gasteiger partial charge in [0, 0.05) is 22.2 Å². The zero-order chi connectivity index (χ0) is 19.1. The Morgan fingerprint density at radius 1 is 1.07 bits per heavy atom. The normalized spacial score (nSPS) is 10.4. The van der Waals surface area contributed by atoms with Crippen LogP contribution in [0.5, 0.6) is 0 Å². The van der Waals surface area contributed by atoms with Crippen molar-refractivity contribution in [3.63, 3.8) is 0 Å². The summed E-state index contributed by atoms with van der Waals surface area (Å²) >= 11 is 6.69. The van der Waals surface area contributed by atoms with Crippen LogP contribution in [-0.2, 0) is 11.2 Å². The number of aryl methyl sites for hydroxylation is 1. The predicted octanol–water partition coefficient (Wildman–Crippen LogP) is 3.91. The van der Waals surface area contributed by atoms with Crippen molar-refractivity contribution < 1.29 is 4.79 Å². The van der Waals surface area contributed by atoms with Gasteiger partial charge in [0.05, 0.1) is 11.3 Å². The Morgan fingerprint density at radius 2 is 1.89 bits per heavy atom. The third kappa shape index (κ3) is 5.18. The van der Waals surface area contributed by atoms with E-state index in [9.17, 15) is 4.79 Å². The molecule has 3 N–H and O–H groups in total. The second-order valence-electron chi connectivity index (χ2n) is 5.76. The van der Waals surface area contributed by atoms with Crippen molar-refractivity contribution in [3.05, 3.63) is 66.4 Å². The van der Waals surface area contributed by atoms with Gasteiger partial charge < -0.3 is 5.32 Å². The van der Waals surface area contributed by atoms with Gasteiger partial charge in [-0.3, -0.25) is 20.6 Å². The van der Waals surface area contributed by atoms with Gasteiger partial charge in [-0.25, -0.2) is 0 Å². The number of carbonyl (C=O) groups is 1. The lowest BCUT2D eigenvalue weighted by molar-refractivity contribution is -0.119. The highest BCUT2D eigenvalue weighted by Crippen LogP contribution is 2.25. The number of thiocarbonyl (C=S) groups is 1. The van der Waals surface area contributed by atoms with Gasteiger partial charge in [0.2, 0.25) is 5.91 Å². The zero-order valence-corrected chi connectivity index (χ0v) is 16.5. The summed E-state index contributed by atoms with van der Waals surface area (Å²) < 4.78 is 0. The molecule has 0 saturated carbocycles. The van der Waals surface area contributed by atoms with Crippen LogP contribution in [0.1, 0.15) is 12.5 Å². The summed E-state index contributed by atoms with van der Waals surface area (Å²) in [7, 11) is 0. The van der Waals surface area contributed by atoms with Gasteiger partial charge in [-0.2, -0.15) is 0 Å². The van der Waals surface area contributed by atoms with Gasteiger partial charge in [-0.1, -0.05) is 43.3 Å². The summed E-state index contributed by atoms with van der Waals surface area (Å²) in [5.74, 6) is 0.0949. The van der Waals surface area contributed by atoms with Gasteiger partial charge in [0.15, 0.2) is 5.11 Å². The van der Waals surface area contributed by atoms with E-state index in [0.29, 0.717) is 5.11 Å². The van der Waals surface area contributed by atoms with Crippen molar-refractivity contribution in [2.24, 2.45) is 0 Å². The molecule has 3 rings (SSSR count). The molecule has 0 atom stereocenters. The standard InChI is InChI=1S/C20H20N4OS2/c1-2-14-7-3-4-10-16(14)22-20(26)24-23-18(25)13-27-17-11-5-8-15-9-6-12-21-19(15)17/h3-12H,2,13H2,1H3,(H,23,25)(H2,22,24,26). The van der Waals surface area contributed by atoms with Gasteiger partial charge in [-0.15, -0.1) is 11.8 Å². The molecule has 0 saturated heterocycles. The smallest absolute Gasteiger partial charge is 0.248 e. The second-order valence-corrected chi connectivity index (χ2v) is 7.18. The minimum Gasteiger partial charge on any atom is -0.331 e. The van der Waals surface area contributed by atoms with Crippen molar-refractivity contribution in [1.82, 2.24) is 15.8 Å². The summed E-state index contributed by atoms with van der Waals surface area (Å²) in [5.41, 5.74) is 8.37. The lowest BCUT2D eigenvalue weighted by atomic mass is 10.1. The third-order valence-electron chi connectivity index (χ3n) is 3.92. The Hall–Kier alpha value is -2.64. The molecule has 0 aliphatic carbocycles. The monoisotopic (exact) mass is 396 g/mol.